The third-order valence-electron chi connectivity index (χ3n) is 7.02. The van der Waals surface area contributed by atoms with Crippen LogP contribution >= 0.6 is 11.3 Å². The molecule has 4 amide bonds. The van der Waals surface area contributed by atoms with Crippen molar-refractivity contribution in [2.75, 3.05) is 44.9 Å². The van der Waals surface area contributed by atoms with E-state index in [1.54, 1.807) is 30.3 Å². The molecule has 0 bridgehead atoms. The van der Waals surface area contributed by atoms with Crippen LogP contribution in [0.4, 0.5) is 15.3 Å². The van der Waals surface area contributed by atoms with Gasteiger partial charge in [-0.3, -0.25) is 4.79 Å². The third kappa shape index (κ3) is 6.74. The monoisotopic (exact) mass is 594 g/mol. The molecule has 2 aliphatic heterocycles. The van der Waals surface area contributed by atoms with E-state index in [1.165, 1.54) is 30.4 Å². The molecule has 1 unspecified atom stereocenters. The van der Waals surface area contributed by atoms with Gasteiger partial charge in [-0.05, 0) is 49.1 Å². The lowest BCUT2D eigenvalue weighted by molar-refractivity contribution is -0.200. The summed E-state index contributed by atoms with van der Waals surface area (Å²) in [6.45, 7) is 0.570. The van der Waals surface area contributed by atoms with Crippen molar-refractivity contribution in [1.82, 2.24) is 15.7 Å². The van der Waals surface area contributed by atoms with E-state index in [2.05, 4.69) is 16.1 Å². The normalized spacial score (nSPS) is 22.6. The molecular formula is C26H34N4O8S2. The number of ether oxygens (including phenoxy) is 2. The largest absolute Gasteiger partial charge is 0.453 e. The minimum atomic E-state index is -3.94. The second-order valence-corrected chi connectivity index (χ2v) is 13.1. The number of rotatable bonds is 7. The summed E-state index contributed by atoms with van der Waals surface area (Å²) in [6.07, 6.45) is 0.835. The first-order valence-corrected chi connectivity index (χ1v) is 15.4. The third-order valence-corrected chi connectivity index (χ3v) is 11.0. The van der Waals surface area contributed by atoms with Crippen LogP contribution in [0.15, 0.2) is 36.4 Å². The lowest BCUT2D eigenvalue weighted by Crippen LogP contribution is -2.43. The van der Waals surface area contributed by atoms with E-state index in [-0.39, 0.29) is 31.3 Å². The van der Waals surface area contributed by atoms with Crippen LogP contribution in [0.1, 0.15) is 37.0 Å². The first-order valence-electron chi connectivity index (χ1n) is 13.0. The second kappa shape index (κ2) is 13.0. The molecule has 2 aliphatic rings. The minimum Gasteiger partial charge on any atom is -0.453 e. The molecule has 2 atom stereocenters. The summed E-state index contributed by atoms with van der Waals surface area (Å²) in [5.74, 6) is -0.934. The van der Waals surface area contributed by atoms with Crippen molar-refractivity contribution in [2.45, 2.75) is 43.1 Å². The van der Waals surface area contributed by atoms with Crippen molar-refractivity contribution in [1.29, 1.82) is 0 Å². The Bertz CT molecular complexity index is 1330. The van der Waals surface area contributed by atoms with Crippen molar-refractivity contribution in [2.24, 2.45) is 0 Å². The zero-order chi connectivity index (χ0) is 28.8. The molecule has 1 aromatic heterocycles. The molecule has 40 heavy (non-hydrogen) atoms. The molecule has 3 heterocycles. The van der Waals surface area contributed by atoms with Gasteiger partial charge < -0.3 is 25.0 Å². The molecule has 0 radical (unpaired) electrons. The number of hydrogen-bond acceptors (Lipinski definition) is 9. The Balaban J connectivity index is 1.65. The van der Waals surface area contributed by atoms with Gasteiger partial charge in [-0.25, -0.2) is 28.3 Å². The molecule has 2 saturated heterocycles. The quantitative estimate of drug-likeness (QED) is 0.413. The van der Waals surface area contributed by atoms with E-state index in [4.69, 9.17) is 14.3 Å². The summed E-state index contributed by atoms with van der Waals surface area (Å²) in [6, 6.07) is 10.3. The minimum absolute atomic E-state index is 0.00397. The molecule has 0 spiro atoms. The van der Waals surface area contributed by atoms with Crippen molar-refractivity contribution in [3.63, 3.8) is 0 Å². The van der Waals surface area contributed by atoms with Crippen LogP contribution < -0.4 is 16.1 Å². The number of amides is 4. The smallest absolute Gasteiger partial charge is 0.409 e. The maximum Gasteiger partial charge on any atom is 0.409 e. The highest BCUT2D eigenvalue weighted by atomic mass is 32.2. The Morgan fingerprint density at radius 1 is 1.18 bits per heavy atom. The number of sulfone groups is 1. The zero-order valence-electron chi connectivity index (χ0n) is 22.4. The number of carbonyl (C=O) groups is 3. The highest BCUT2D eigenvalue weighted by molar-refractivity contribution is 7.92. The van der Waals surface area contributed by atoms with Crippen molar-refractivity contribution < 1.29 is 37.1 Å². The Kier molecular flexibility index (Phi) is 9.66. The van der Waals surface area contributed by atoms with E-state index < -0.39 is 39.3 Å². The predicted molar refractivity (Wildman–Crippen MR) is 149 cm³/mol. The van der Waals surface area contributed by atoms with Gasteiger partial charge in [-0.2, -0.15) is 0 Å². The van der Waals surface area contributed by atoms with Crippen LogP contribution in [-0.2, 0) is 33.7 Å². The Hall–Kier alpha value is -3.20. The molecule has 4 rings (SSSR count). The maximum absolute atomic E-state index is 13.9. The summed E-state index contributed by atoms with van der Waals surface area (Å²) < 4.78 is 36.5. The molecule has 2 aromatic rings. The highest BCUT2D eigenvalue weighted by Crippen LogP contribution is 2.45. The Morgan fingerprint density at radius 2 is 2.00 bits per heavy atom. The fourth-order valence-corrected chi connectivity index (χ4v) is 8.39. The average molecular weight is 595 g/mol. The van der Waals surface area contributed by atoms with Gasteiger partial charge >= 0.3 is 12.1 Å². The number of urea groups is 1. The van der Waals surface area contributed by atoms with E-state index in [9.17, 15) is 22.8 Å². The molecule has 0 aliphatic carbocycles. The predicted octanol–water partition coefficient (Wildman–Crippen LogP) is 3.21. The van der Waals surface area contributed by atoms with E-state index in [0.29, 0.717) is 23.6 Å². The summed E-state index contributed by atoms with van der Waals surface area (Å²) in [7, 11) is -1.18. The summed E-state index contributed by atoms with van der Waals surface area (Å²) >= 11 is 1.25. The van der Waals surface area contributed by atoms with Gasteiger partial charge in [0, 0.05) is 48.6 Å². The molecule has 3 N–H and O–H groups in total. The van der Waals surface area contributed by atoms with Crippen LogP contribution in [0.3, 0.4) is 0 Å². The van der Waals surface area contributed by atoms with Crippen LogP contribution in [0.25, 0.3) is 10.4 Å². The van der Waals surface area contributed by atoms with Crippen LogP contribution in [0.5, 0.6) is 0 Å². The van der Waals surface area contributed by atoms with Gasteiger partial charge in [0.15, 0.2) is 16.1 Å². The van der Waals surface area contributed by atoms with Crippen LogP contribution in [-0.4, -0.2) is 77.2 Å². The SMILES string of the molecule is CNC(=O)Nc1cccc(-c2ccc([C@@]3(CC(=O)NOC4CCCCO4)CCN(C(=O)OC)CCS3(=O)=O)s2)c1. The van der Waals surface area contributed by atoms with E-state index in [1.807, 2.05) is 6.07 Å². The Morgan fingerprint density at radius 3 is 2.73 bits per heavy atom. The van der Waals surface area contributed by atoms with Gasteiger partial charge in [0.2, 0.25) is 5.91 Å². The van der Waals surface area contributed by atoms with Crippen molar-refractivity contribution in [3.8, 4) is 10.4 Å². The number of nitrogens with one attached hydrogen (secondary N) is 3. The van der Waals surface area contributed by atoms with Gasteiger partial charge in [0.05, 0.1) is 19.3 Å². The highest BCUT2D eigenvalue weighted by Gasteiger charge is 2.50. The number of anilines is 1. The maximum atomic E-state index is 13.9. The molecular weight excluding hydrogens is 560 g/mol. The lowest BCUT2D eigenvalue weighted by Gasteiger charge is -2.31. The molecule has 1 aromatic carbocycles. The number of benzene rings is 1. The summed E-state index contributed by atoms with van der Waals surface area (Å²) in [4.78, 5) is 45.2. The summed E-state index contributed by atoms with van der Waals surface area (Å²) in [5.41, 5.74) is 3.73. The average Bonchev–Trinajstić information content (AvgIpc) is 3.41. The van der Waals surface area contributed by atoms with E-state index in [0.717, 1.165) is 23.3 Å². The van der Waals surface area contributed by atoms with Crippen LogP contribution in [0.2, 0.25) is 0 Å². The molecule has 12 nitrogen and oxygen atoms in total. The number of hydroxylamine groups is 1. The zero-order valence-corrected chi connectivity index (χ0v) is 24.1. The first kappa shape index (κ1) is 29.8. The summed E-state index contributed by atoms with van der Waals surface area (Å²) in [5, 5.41) is 5.22. The second-order valence-electron chi connectivity index (χ2n) is 9.59. The van der Waals surface area contributed by atoms with E-state index >= 15 is 0 Å². The lowest BCUT2D eigenvalue weighted by atomic mass is 9.97. The van der Waals surface area contributed by atoms with Gasteiger partial charge in [-0.1, -0.05) is 12.1 Å². The first-order chi connectivity index (χ1) is 19.2. The van der Waals surface area contributed by atoms with Gasteiger partial charge in [0.25, 0.3) is 0 Å². The fraction of sp³-hybridized carbons (Fsp3) is 0.500. The number of nitrogens with zero attached hydrogens (tertiary/aromatic N) is 1. The number of carbonyl (C=O) groups excluding carboxylic acids is 3. The van der Waals surface area contributed by atoms with Crippen LogP contribution in [0, 0.1) is 0 Å². The topological polar surface area (TPSA) is 152 Å². The number of thiophene rings is 1. The standard InChI is InChI=1S/C26H34N4O8S2/c1-27-24(32)28-19-7-5-6-18(16-19)20-9-10-21(39-20)26(17-22(31)29-38-23-8-3-4-14-37-23)11-12-30(25(33)36-2)13-15-40(26,34)35/h5-7,9-10,16,23H,3-4,8,11-15,17H2,1-2H3,(H,29,31)(H2,27,28,32)/t23?,26-/m0/s1. The van der Waals surface area contributed by atoms with Gasteiger partial charge in [0.1, 0.15) is 4.75 Å². The fourth-order valence-electron chi connectivity index (χ4n) is 4.79. The van der Waals surface area contributed by atoms with Crippen molar-refractivity contribution >= 4 is 44.9 Å². The molecule has 0 saturated carbocycles. The van der Waals surface area contributed by atoms with Gasteiger partial charge in [-0.15, -0.1) is 11.3 Å². The number of methoxy groups -OCH3 is 1. The molecule has 14 heteroatoms. The Labute approximate surface area is 237 Å². The number of hydrogen-bond donors (Lipinski definition) is 3. The molecule has 2 fully saturated rings. The molecule has 218 valence electrons. The van der Waals surface area contributed by atoms with Crippen molar-refractivity contribution in [3.05, 3.63) is 41.3 Å².